The Morgan fingerprint density at radius 3 is 2.82 bits per heavy atom. The molecule has 1 aromatic rings. The van der Waals surface area contributed by atoms with Gasteiger partial charge in [0.1, 0.15) is 0 Å². The van der Waals surface area contributed by atoms with Crippen LogP contribution in [0.1, 0.15) is 29.9 Å². The first kappa shape index (κ1) is 10.8. The van der Waals surface area contributed by atoms with Crippen molar-refractivity contribution < 1.29 is 9.90 Å². The maximum absolute atomic E-state index is 12.3. The summed E-state index contributed by atoms with van der Waals surface area (Å²) in [6.45, 7) is 1.02. The van der Waals surface area contributed by atoms with Crippen molar-refractivity contribution in [1.82, 2.24) is 4.90 Å². The van der Waals surface area contributed by atoms with Crippen molar-refractivity contribution in [3.63, 3.8) is 0 Å². The van der Waals surface area contributed by atoms with Gasteiger partial charge in [-0.1, -0.05) is 24.3 Å². The third-order valence-corrected chi connectivity index (χ3v) is 3.84. The zero-order valence-electron chi connectivity index (χ0n) is 9.80. The Bertz CT molecular complexity index is 438. The molecule has 90 valence electrons. The number of carbonyl (C=O) groups excluding carboxylic acids is 1. The van der Waals surface area contributed by atoms with Crippen LogP contribution < -0.4 is 0 Å². The summed E-state index contributed by atoms with van der Waals surface area (Å²) in [6.07, 6.45) is 2.81. The summed E-state index contributed by atoms with van der Waals surface area (Å²) in [5, 5.41) is 9.27. The molecule has 1 N–H and O–H groups in total. The Labute approximate surface area is 101 Å². The van der Waals surface area contributed by atoms with Crippen LogP contribution in [0.4, 0.5) is 0 Å². The van der Waals surface area contributed by atoms with Gasteiger partial charge in [0, 0.05) is 13.1 Å². The summed E-state index contributed by atoms with van der Waals surface area (Å²) < 4.78 is 0. The predicted molar refractivity (Wildman–Crippen MR) is 64.7 cm³/mol. The van der Waals surface area contributed by atoms with Crippen molar-refractivity contribution in [2.24, 2.45) is 0 Å². The van der Waals surface area contributed by atoms with Crippen molar-refractivity contribution in [2.45, 2.75) is 31.3 Å². The first-order valence-electron chi connectivity index (χ1n) is 6.30. The van der Waals surface area contributed by atoms with E-state index in [9.17, 15) is 9.90 Å². The van der Waals surface area contributed by atoms with Gasteiger partial charge in [-0.05, 0) is 30.4 Å². The normalized spacial score (nSPS) is 24.1. The lowest BCUT2D eigenvalue weighted by Gasteiger charge is -2.39. The van der Waals surface area contributed by atoms with Gasteiger partial charge in [0.05, 0.1) is 12.0 Å². The Hall–Kier alpha value is -1.35. The number of nitrogens with zero attached hydrogens (tertiary/aromatic N) is 1. The molecular weight excluding hydrogens is 214 g/mol. The van der Waals surface area contributed by atoms with E-state index >= 15 is 0 Å². The highest BCUT2D eigenvalue weighted by Gasteiger charge is 2.35. The average Bonchev–Trinajstić information content (AvgIpc) is 2.33. The van der Waals surface area contributed by atoms with Crippen molar-refractivity contribution in [3.8, 4) is 0 Å². The lowest BCUT2D eigenvalue weighted by molar-refractivity contribution is -0.143. The SMILES string of the molecule is O=C(C1CCCc2ccccc21)N1CC(O)C1. The average molecular weight is 231 g/mol. The number of benzene rings is 1. The number of hydrogen-bond donors (Lipinski definition) is 1. The van der Waals surface area contributed by atoms with E-state index in [1.54, 1.807) is 4.90 Å². The topological polar surface area (TPSA) is 40.5 Å². The van der Waals surface area contributed by atoms with E-state index in [0.717, 1.165) is 19.3 Å². The molecular formula is C14H17NO2. The molecule has 1 aliphatic heterocycles. The molecule has 1 fully saturated rings. The van der Waals surface area contributed by atoms with Crippen LogP contribution in [0.15, 0.2) is 24.3 Å². The van der Waals surface area contributed by atoms with Gasteiger partial charge < -0.3 is 10.0 Å². The monoisotopic (exact) mass is 231 g/mol. The van der Waals surface area contributed by atoms with Gasteiger partial charge >= 0.3 is 0 Å². The number of amides is 1. The third-order valence-electron chi connectivity index (χ3n) is 3.84. The summed E-state index contributed by atoms with van der Waals surface area (Å²) in [6, 6.07) is 8.25. The smallest absolute Gasteiger partial charge is 0.230 e. The van der Waals surface area contributed by atoms with Gasteiger partial charge in [0.25, 0.3) is 0 Å². The molecule has 1 aliphatic carbocycles. The molecule has 2 aliphatic rings. The van der Waals surface area contributed by atoms with Crippen LogP contribution in [-0.2, 0) is 11.2 Å². The summed E-state index contributed by atoms with van der Waals surface area (Å²) in [7, 11) is 0. The molecule has 1 unspecified atom stereocenters. The number of hydrogen-bond acceptors (Lipinski definition) is 2. The van der Waals surface area contributed by atoms with Gasteiger partial charge in [-0.3, -0.25) is 4.79 Å². The van der Waals surface area contributed by atoms with E-state index in [0.29, 0.717) is 13.1 Å². The van der Waals surface area contributed by atoms with Crippen molar-refractivity contribution in [2.75, 3.05) is 13.1 Å². The van der Waals surface area contributed by atoms with Crippen LogP contribution in [0.3, 0.4) is 0 Å². The molecule has 1 aromatic carbocycles. The van der Waals surface area contributed by atoms with Crippen molar-refractivity contribution >= 4 is 5.91 Å². The van der Waals surface area contributed by atoms with Gasteiger partial charge in [-0.25, -0.2) is 0 Å². The maximum atomic E-state index is 12.3. The highest BCUT2D eigenvalue weighted by atomic mass is 16.3. The molecule has 1 heterocycles. The van der Waals surface area contributed by atoms with E-state index < -0.39 is 0 Å². The van der Waals surface area contributed by atoms with E-state index in [4.69, 9.17) is 0 Å². The van der Waals surface area contributed by atoms with E-state index in [-0.39, 0.29) is 17.9 Å². The molecule has 0 aromatic heterocycles. The molecule has 1 atom stereocenters. The van der Waals surface area contributed by atoms with E-state index in [1.165, 1.54) is 11.1 Å². The Kier molecular flexibility index (Phi) is 2.63. The first-order chi connectivity index (χ1) is 8.25. The molecule has 0 saturated carbocycles. The molecule has 3 heteroatoms. The number of aliphatic hydroxyl groups excluding tert-OH is 1. The zero-order valence-corrected chi connectivity index (χ0v) is 9.80. The molecule has 0 radical (unpaired) electrons. The van der Waals surface area contributed by atoms with Crippen molar-refractivity contribution in [3.05, 3.63) is 35.4 Å². The van der Waals surface area contributed by atoms with Crippen molar-refractivity contribution in [1.29, 1.82) is 0 Å². The number of carbonyl (C=O) groups is 1. The fourth-order valence-electron chi connectivity index (χ4n) is 2.87. The third kappa shape index (κ3) is 1.84. The minimum Gasteiger partial charge on any atom is -0.389 e. The van der Waals surface area contributed by atoms with Crippen LogP contribution in [0, 0.1) is 0 Å². The number of likely N-dealkylation sites (tertiary alicyclic amines) is 1. The molecule has 0 spiro atoms. The van der Waals surface area contributed by atoms with Crippen LogP contribution in [0.25, 0.3) is 0 Å². The molecule has 3 nitrogen and oxygen atoms in total. The fourth-order valence-corrected chi connectivity index (χ4v) is 2.87. The largest absolute Gasteiger partial charge is 0.389 e. The first-order valence-corrected chi connectivity index (χ1v) is 6.30. The lowest BCUT2D eigenvalue weighted by atomic mass is 9.81. The van der Waals surface area contributed by atoms with E-state index in [2.05, 4.69) is 12.1 Å². The second-order valence-electron chi connectivity index (χ2n) is 5.04. The summed E-state index contributed by atoms with van der Waals surface area (Å²) in [4.78, 5) is 14.1. The van der Waals surface area contributed by atoms with Gasteiger partial charge in [0.2, 0.25) is 5.91 Å². The standard InChI is InChI=1S/C14H17NO2/c16-11-8-15(9-11)14(17)13-7-3-5-10-4-1-2-6-12(10)13/h1-2,4,6,11,13,16H,3,5,7-9H2. The maximum Gasteiger partial charge on any atom is 0.230 e. The molecule has 17 heavy (non-hydrogen) atoms. The highest BCUT2D eigenvalue weighted by Crippen LogP contribution is 2.33. The lowest BCUT2D eigenvalue weighted by Crippen LogP contribution is -2.55. The van der Waals surface area contributed by atoms with Crippen LogP contribution in [0.2, 0.25) is 0 Å². The number of aliphatic hydroxyl groups is 1. The number of β-amino-alcohol motifs (C(OH)–C–C–N with tert-alkyl or cyclic N) is 1. The van der Waals surface area contributed by atoms with Gasteiger partial charge in [0.15, 0.2) is 0 Å². The van der Waals surface area contributed by atoms with Crippen LogP contribution in [-0.4, -0.2) is 35.1 Å². The highest BCUT2D eigenvalue weighted by molar-refractivity contribution is 5.85. The van der Waals surface area contributed by atoms with Crippen LogP contribution in [0.5, 0.6) is 0 Å². The summed E-state index contributed by atoms with van der Waals surface area (Å²) in [5.41, 5.74) is 2.52. The van der Waals surface area contributed by atoms with E-state index in [1.807, 2.05) is 12.1 Å². The molecule has 0 bridgehead atoms. The number of fused-ring (bicyclic) bond motifs is 1. The minimum atomic E-state index is -0.308. The Morgan fingerprint density at radius 2 is 2.06 bits per heavy atom. The second kappa shape index (κ2) is 4.15. The predicted octanol–water partition coefficient (Wildman–Crippen LogP) is 1.31. The second-order valence-corrected chi connectivity index (χ2v) is 5.04. The van der Waals surface area contributed by atoms with Gasteiger partial charge in [-0.15, -0.1) is 0 Å². The fraction of sp³-hybridized carbons (Fsp3) is 0.500. The Balaban J connectivity index is 1.83. The number of aryl methyl sites for hydroxylation is 1. The number of rotatable bonds is 1. The molecule has 3 rings (SSSR count). The summed E-state index contributed by atoms with van der Waals surface area (Å²) >= 11 is 0. The van der Waals surface area contributed by atoms with Crippen LogP contribution >= 0.6 is 0 Å². The van der Waals surface area contributed by atoms with Gasteiger partial charge in [-0.2, -0.15) is 0 Å². The zero-order chi connectivity index (χ0) is 11.8. The minimum absolute atomic E-state index is 0.0208. The molecule has 1 amide bonds. The Morgan fingerprint density at radius 1 is 1.29 bits per heavy atom. The summed E-state index contributed by atoms with van der Waals surface area (Å²) in [5.74, 6) is 0.217. The quantitative estimate of drug-likeness (QED) is 0.791. The molecule has 1 saturated heterocycles.